The van der Waals surface area contributed by atoms with Crippen LogP contribution in [-0.4, -0.2) is 48.6 Å². The highest BCUT2D eigenvalue weighted by Crippen LogP contribution is 2.43. The van der Waals surface area contributed by atoms with Gasteiger partial charge in [-0.25, -0.2) is 0 Å². The molecular formula is C121H157N7O7. The van der Waals surface area contributed by atoms with Gasteiger partial charge in [0.2, 0.25) is 23.6 Å². The molecule has 5 amide bonds. The van der Waals surface area contributed by atoms with Crippen LogP contribution in [0.25, 0.3) is 0 Å². The molecule has 14 nitrogen and oxygen atoms in total. The molecule has 10 aromatic carbocycles. The average molecular weight is 1820 g/mol. The summed E-state index contributed by atoms with van der Waals surface area (Å²) < 4.78 is 5.00. The number of hydrogen-bond donors (Lipinski definition) is 7. The first-order chi connectivity index (χ1) is 63.8. The van der Waals surface area contributed by atoms with Gasteiger partial charge in [-0.05, 0) is 288 Å². The van der Waals surface area contributed by atoms with E-state index in [4.69, 9.17) is 4.74 Å². The van der Waals surface area contributed by atoms with E-state index < -0.39 is 0 Å². The first-order valence-electron chi connectivity index (χ1n) is 50.2. The molecule has 8 heterocycles. The second kappa shape index (κ2) is 46.0. The van der Waals surface area contributed by atoms with Crippen LogP contribution in [0.4, 0.5) is 22.7 Å². The normalized spacial score (nSPS) is 16.0. The zero-order chi connectivity index (χ0) is 98.2. The third kappa shape index (κ3) is 27.5. The summed E-state index contributed by atoms with van der Waals surface area (Å²) in [7, 11) is 0. The first kappa shape index (κ1) is 104. The molecule has 0 atom stereocenters. The Kier molecular flexibility index (Phi) is 35.5. The van der Waals surface area contributed by atoms with Crippen LogP contribution in [0.2, 0.25) is 0 Å². The third-order valence-corrected chi connectivity index (χ3v) is 28.1. The number of carbonyl (C=O) groups is 6. The van der Waals surface area contributed by atoms with Gasteiger partial charge < -0.3 is 42.0 Å². The number of aryl methyl sites for hydroxylation is 4. The number of nitrogens with one attached hydrogen (secondary N) is 7. The van der Waals surface area contributed by atoms with Crippen LogP contribution < -0.4 is 42.0 Å². The molecule has 718 valence electrons. The van der Waals surface area contributed by atoms with Gasteiger partial charge in [0.15, 0.2) is 0 Å². The Morgan fingerprint density at radius 3 is 1.26 bits per heavy atom. The number of rotatable bonds is 10. The number of fused-ring (bicyclic) bond motifs is 10. The molecule has 14 heteroatoms. The maximum Gasteiger partial charge on any atom is 0.315 e. The minimum atomic E-state index is -0.389. The second-order valence-corrected chi connectivity index (χ2v) is 43.3. The Balaban J connectivity index is 0.000000144. The zero-order valence-corrected chi connectivity index (χ0v) is 86.3. The summed E-state index contributed by atoms with van der Waals surface area (Å²) in [5, 5.41) is 21.2. The van der Waals surface area contributed by atoms with Gasteiger partial charge in [0, 0.05) is 78.4 Å². The van der Waals surface area contributed by atoms with Crippen molar-refractivity contribution >= 4 is 58.3 Å². The van der Waals surface area contributed by atoms with E-state index in [1.807, 2.05) is 50.2 Å². The molecule has 10 aromatic rings. The lowest BCUT2D eigenvalue weighted by Crippen LogP contribution is -2.30. The molecule has 0 unspecified atom stereocenters. The minimum absolute atomic E-state index is 0.0605. The summed E-state index contributed by atoms with van der Waals surface area (Å²) in [6.07, 6.45) is 10.7. The van der Waals surface area contributed by atoms with Gasteiger partial charge in [-0.3, -0.25) is 28.8 Å². The van der Waals surface area contributed by atoms with E-state index in [0.29, 0.717) is 115 Å². The van der Waals surface area contributed by atoms with Gasteiger partial charge in [0.25, 0.3) is 5.91 Å². The smallest absolute Gasteiger partial charge is 0.315 e. The first-order valence-corrected chi connectivity index (χ1v) is 50.2. The molecule has 8 aliphatic heterocycles. The van der Waals surface area contributed by atoms with E-state index in [0.717, 1.165) is 58.9 Å². The number of benzene rings is 10. The lowest BCUT2D eigenvalue weighted by molar-refractivity contribution is -0.132. The second-order valence-electron chi connectivity index (χ2n) is 43.3. The van der Waals surface area contributed by atoms with E-state index >= 15 is 0 Å². The monoisotopic (exact) mass is 1820 g/mol. The average Bonchev–Trinajstić information content (AvgIpc) is 1.59. The Morgan fingerprint density at radius 2 is 0.689 bits per heavy atom. The Bertz CT molecular complexity index is 5730. The molecular weight excluding hydrogens is 1660 g/mol. The van der Waals surface area contributed by atoms with Crippen molar-refractivity contribution in [2.75, 3.05) is 34.4 Å². The molecule has 0 spiro atoms. The highest BCUT2D eigenvalue weighted by atomic mass is 16.5. The standard InChI is InChI=1S/C14H20.C13H17NO.C13H19N.3C12H15NO.C12H16.C11H13NO.C11H15N.C11H12O2/c1-10(2)11-5-6-13-12(9-11)7-8-14(13,3)4;1-8(2)9-5-6-11-10(7-9)13(3,4)12(15)14-11;1-9(2)10-5-6-12-11(7-10)13(3,4)8-14-12;1-8(2)9-3-5-11-10(7-9)4-6-12(14)13-11;1-8(2)9-3-4-10-7-13-12(14)6-11(10)5-9;1-8(2)9-3-4-10-6-12(14)13-7-11(10)5-9;1-9(2)11-7-6-10-4-3-5-12(10)8-11;1-7(2)8-3-4-10-9(5-8)6-12-11(10)13;1-8(2)9-3-4-11-10(7-9)5-6-12-11;1-7(2)8-3-4-10-9(5-8)6-11(12)13-10/h5-6,9-10H,7-8H2,1-4H3;5-8H,1-4H3,(H,14,15);5-7,9,14H,8H2,1-4H3;3,5,7-8H,4,6H2,1-2H3,(H,13,14);2*3-5,8H,6-7H2,1-2H3,(H,13,14);6-9H,3-5H2,1-2H3;3-5,7H,6H2,1-2H3,(H,12,13);3-4,7-8,12H,5-6H2,1-2H3;3-5,7H,6H2,1-2H3. The van der Waals surface area contributed by atoms with Crippen LogP contribution in [-0.2, 0) is 111 Å². The van der Waals surface area contributed by atoms with E-state index in [9.17, 15) is 28.8 Å². The number of amides is 5. The summed E-state index contributed by atoms with van der Waals surface area (Å²) in [6, 6.07) is 65.1. The van der Waals surface area contributed by atoms with Crippen molar-refractivity contribution in [2.45, 2.75) is 346 Å². The Hall–Kier alpha value is -11.4. The highest BCUT2D eigenvalue weighted by Gasteiger charge is 2.39. The van der Waals surface area contributed by atoms with Crippen LogP contribution in [0.15, 0.2) is 182 Å². The van der Waals surface area contributed by atoms with Gasteiger partial charge in [-0.2, -0.15) is 0 Å². The van der Waals surface area contributed by atoms with Crippen molar-refractivity contribution in [3.05, 3.63) is 321 Å². The van der Waals surface area contributed by atoms with Crippen LogP contribution >= 0.6 is 0 Å². The molecule has 20 rings (SSSR count). The molecule has 2 aliphatic carbocycles. The fourth-order valence-electron chi connectivity index (χ4n) is 18.5. The van der Waals surface area contributed by atoms with E-state index in [-0.39, 0.29) is 40.9 Å². The van der Waals surface area contributed by atoms with Crippen LogP contribution in [0.3, 0.4) is 0 Å². The number of carbonyl (C=O) groups excluding carboxylic acids is 6. The fourth-order valence-corrected chi connectivity index (χ4v) is 18.5. The van der Waals surface area contributed by atoms with Gasteiger partial charge in [0.1, 0.15) is 5.75 Å². The molecule has 0 bridgehead atoms. The van der Waals surface area contributed by atoms with E-state index in [2.05, 4.69) is 349 Å². The van der Waals surface area contributed by atoms with Crippen molar-refractivity contribution in [3.63, 3.8) is 0 Å². The quantitative estimate of drug-likeness (QED) is 0.0515. The summed E-state index contributed by atoms with van der Waals surface area (Å²) in [6.45, 7) is 61.5. The summed E-state index contributed by atoms with van der Waals surface area (Å²) >= 11 is 0. The maximum atomic E-state index is 11.7. The molecule has 0 saturated carbocycles. The SMILES string of the molecule is CC(C)c1ccc2c(c1)C(C)(C)C(=O)N2.CC(C)c1ccc2c(c1)C(C)(C)CN2.CC(C)c1ccc2c(c1)CC(=O)NC2.CC(C)c1ccc2c(c1)CC(=O)O2.CC(C)c1ccc2c(c1)CCC(=O)N2.CC(C)c1ccc2c(c1)CCC2.CC(C)c1ccc2c(c1)CCC2(C)C.CC(C)c1ccc2c(c1)CCN2.CC(C)c1ccc2c(c1)CNC(=O)C2.CC(C)c1ccc2c(c1)CNC2=O. The Morgan fingerprint density at radius 1 is 0.274 bits per heavy atom. The van der Waals surface area contributed by atoms with Gasteiger partial charge >= 0.3 is 5.97 Å². The van der Waals surface area contributed by atoms with Crippen molar-refractivity contribution in [1.29, 1.82) is 0 Å². The Labute approximate surface area is 809 Å². The van der Waals surface area contributed by atoms with Crippen molar-refractivity contribution in [1.82, 2.24) is 16.0 Å². The van der Waals surface area contributed by atoms with Crippen LogP contribution in [0.1, 0.15) is 402 Å². The van der Waals surface area contributed by atoms with Gasteiger partial charge in [-0.15, -0.1) is 0 Å². The number of esters is 1. The molecule has 0 fully saturated rings. The van der Waals surface area contributed by atoms with Crippen molar-refractivity contribution < 1.29 is 33.5 Å². The predicted molar refractivity (Wildman–Crippen MR) is 563 cm³/mol. The molecule has 7 N–H and O–H groups in total. The molecule has 0 radical (unpaired) electrons. The fraction of sp³-hybridized carbons (Fsp3) is 0.455. The number of ether oxygens (including phenoxy) is 1. The minimum Gasteiger partial charge on any atom is -0.426 e. The summed E-state index contributed by atoms with van der Waals surface area (Å²) in [5.41, 5.74) is 38.3. The van der Waals surface area contributed by atoms with Crippen molar-refractivity contribution in [2.24, 2.45) is 0 Å². The number of anilines is 4. The number of hydrogen-bond acceptors (Lipinski definition) is 9. The van der Waals surface area contributed by atoms with Crippen molar-refractivity contribution in [3.8, 4) is 5.75 Å². The summed E-state index contributed by atoms with van der Waals surface area (Å²) in [5.74, 6) is 6.93. The van der Waals surface area contributed by atoms with E-state index in [1.54, 1.807) is 22.3 Å². The lowest BCUT2D eigenvalue weighted by Gasteiger charge is -2.19. The van der Waals surface area contributed by atoms with Crippen LogP contribution in [0, 0.1) is 0 Å². The lowest BCUT2D eigenvalue weighted by atomic mass is 9.84. The van der Waals surface area contributed by atoms with E-state index in [1.165, 1.54) is 144 Å². The largest absolute Gasteiger partial charge is 0.426 e. The van der Waals surface area contributed by atoms with Gasteiger partial charge in [0.05, 0.1) is 24.7 Å². The molecule has 0 saturated heterocycles. The zero-order valence-electron chi connectivity index (χ0n) is 86.3. The molecule has 0 aromatic heterocycles. The predicted octanol–water partition coefficient (Wildman–Crippen LogP) is 27.6. The topological polar surface area (TPSA) is 196 Å². The highest BCUT2D eigenvalue weighted by molar-refractivity contribution is 6.05. The maximum absolute atomic E-state index is 11.7. The van der Waals surface area contributed by atoms with Crippen LogP contribution in [0.5, 0.6) is 5.75 Å². The summed E-state index contributed by atoms with van der Waals surface area (Å²) in [4.78, 5) is 67.4. The van der Waals surface area contributed by atoms with Gasteiger partial charge in [-0.1, -0.05) is 312 Å². The molecule has 10 aliphatic rings. The third-order valence-electron chi connectivity index (χ3n) is 28.1. The molecule has 135 heavy (non-hydrogen) atoms.